The highest BCUT2D eigenvalue weighted by Gasteiger charge is 1.90. The van der Waals surface area contributed by atoms with Crippen LogP contribution in [0.15, 0.2) is 12.2 Å². The molecule has 0 aliphatic heterocycles. The highest BCUT2D eigenvalue weighted by molar-refractivity contribution is 4.82. The third kappa shape index (κ3) is 3.91. The lowest BCUT2D eigenvalue weighted by atomic mass is 10.1. The van der Waals surface area contributed by atoms with Crippen molar-refractivity contribution in [2.75, 3.05) is 0 Å². The molecular weight excluding hydrogens is 96.1 g/mol. The highest BCUT2D eigenvalue weighted by Crippen LogP contribution is 2.05. The summed E-state index contributed by atoms with van der Waals surface area (Å²) < 4.78 is 0. The molecule has 0 aromatic heterocycles. The molecule has 0 radical (unpaired) electrons. The highest BCUT2D eigenvalue weighted by atomic mass is 14.0. The fraction of sp³-hybridized carbons (Fsp3) is 0.750. The number of rotatable bonds is 3. The summed E-state index contributed by atoms with van der Waals surface area (Å²) >= 11 is 0. The van der Waals surface area contributed by atoms with Crippen molar-refractivity contribution >= 4 is 0 Å². The molecule has 8 heavy (non-hydrogen) atoms. The van der Waals surface area contributed by atoms with Crippen LogP contribution in [0.5, 0.6) is 0 Å². The van der Waals surface area contributed by atoms with Crippen LogP contribution < -0.4 is 0 Å². The molecule has 1 atom stereocenters. The van der Waals surface area contributed by atoms with Gasteiger partial charge in [-0.25, -0.2) is 0 Å². The van der Waals surface area contributed by atoms with E-state index in [0.29, 0.717) is 0 Å². The van der Waals surface area contributed by atoms with Crippen molar-refractivity contribution in [2.24, 2.45) is 5.92 Å². The first-order chi connectivity index (χ1) is 3.81. The van der Waals surface area contributed by atoms with Gasteiger partial charge in [0.1, 0.15) is 0 Å². The van der Waals surface area contributed by atoms with Crippen LogP contribution in [0.4, 0.5) is 0 Å². The average molecular weight is 112 g/mol. The number of hydrogen-bond acceptors (Lipinski definition) is 0. The lowest BCUT2D eigenvalue weighted by Gasteiger charge is -1.99. The summed E-state index contributed by atoms with van der Waals surface area (Å²) in [5.74, 6) is 0.782. The van der Waals surface area contributed by atoms with E-state index < -0.39 is 0 Å². The van der Waals surface area contributed by atoms with Crippen molar-refractivity contribution in [3.05, 3.63) is 12.2 Å². The minimum atomic E-state index is 0.782. The Kier molecular flexibility index (Phi) is 4.73. The Hall–Kier alpha value is -0.260. The molecule has 0 saturated carbocycles. The van der Waals surface area contributed by atoms with Gasteiger partial charge in [-0.15, -0.1) is 0 Å². The average Bonchev–Trinajstić information content (AvgIpc) is 1.68. The lowest BCUT2D eigenvalue weighted by Crippen LogP contribution is -1.85. The first-order valence-corrected chi connectivity index (χ1v) is 3.44. The van der Waals surface area contributed by atoms with E-state index in [2.05, 4.69) is 32.9 Å². The number of allylic oxidation sites excluding steroid dienone is 2. The van der Waals surface area contributed by atoms with Crippen molar-refractivity contribution in [3.63, 3.8) is 0 Å². The molecule has 0 nitrogen and oxygen atoms in total. The van der Waals surface area contributed by atoms with E-state index in [1.165, 1.54) is 12.8 Å². The molecule has 0 fully saturated rings. The molecule has 0 spiro atoms. The van der Waals surface area contributed by atoms with E-state index in [-0.39, 0.29) is 0 Å². The summed E-state index contributed by atoms with van der Waals surface area (Å²) in [7, 11) is 0. The van der Waals surface area contributed by atoms with Gasteiger partial charge in [-0.05, 0) is 19.3 Å². The lowest BCUT2D eigenvalue weighted by molar-refractivity contribution is 0.633. The van der Waals surface area contributed by atoms with E-state index in [4.69, 9.17) is 0 Å². The standard InChI is InChI=1S/C8H16/c1-4-6-8(3)7-5-2/h4,6,8H,5,7H2,1-3H3/b6-4-. The molecule has 0 aromatic carbocycles. The van der Waals surface area contributed by atoms with E-state index in [1.54, 1.807) is 0 Å². The van der Waals surface area contributed by atoms with Gasteiger partial charge in [0.25, 0.3) is 0 Å². The van der Waals surface area contributed by atoms with Gasteiger partial charge in [0.05, 0.1) is 0 Å². The molecule has 0 bridgehead atoms. The van der Waals surface area contributed by atoms with Gasteiger partial charge in [0, 0.05) is 0 Å². The maximum Gasteiger partial charge on any atom is -0.0262 e. The fourth-order valence-electron chi connectivity index (χ4n) is 0.880. The molecule has 0 heterocycles. The number of hydrogen-bond donors (Lipinski definition) is 0. The minimum absolute atomic E-state index is 0.782. The van der Waals surface area contributed by atoms with Crippen LogP contribution in [0.2, 0.25) is 0 Å². The first kappa shape index (κ1) is 7.74. The maximum absolute atomic E-state index is 2.25. The van der Waals surface area contributed by atoms with Crippen LogP contribution in [0.1, 0.15) is 33.6 Å². The Morgan fingerprint density at radius 2 is 2.12 bits per heavy atom. The largest absolute Gasteiger partial charge is 0.0914 e. The molecule has 0 heteroatoms. The zero-order chi connectivity index (χ0) is 6.41. The summed E-state index contributed by atoms with van der Waals surface area (Å²) in [6.45, 7) is 6.55. The predicted molar refractivity (Wildman–Crippen MR) is 38.9 cm³/mol. The SMILES string of the molecule is C/C=C\C(C)CCC. The summed E-state index contributed by atoms with van der Waals surface area (Å²) in [6, 6.07) is 0. The molecule has 48 valence electrons. The zero-order valence-corrected chi connectivity index (χ0v) is 6.15. The molecule has 0 aliphatic carbocycles. The van der Waals surface area contributed by atoms with Crippen molar-refractivity contribution in [1.29, 1.82) is 0 Å². The van der Waals surface area contributed by atoms with Crippen LogP contribution in [-0.2, 0) is 0 Å². The van der Waals surface area contributed by atoms with Gasteiger partial charge < -0.3 is 0 Å². The van der Waals surface area contributed by atoms with Crippen LogP contribution >= 0.6 is 0 Å². The topological polar surface area (TPSA) is 0 Å². The minimum Gasteiger partial charge on any atom is -0.0914 e. The van der Waals surface area contributed by atoms with Crippen LogP contribution in [-0.4, -0.2) is 0 Å². The maximum atomic E-state index is 2.25. The summed E-state index contributed by atoms with van der Waals surface area (Å²) in [5.41, 5.74) is 0. The van der Waals surface area contributed by atoms with Crippen LogP contribution in [0.25, 0.3) is 0 Å². The first-order valence-electron chi connectivity index (χ1n) is 3.44. The van der Waals surface area contributed by atoms with Crippen molar-refractivity contribution < 1.29 is 0 Å². The second-order valence-corrected chi connectivity index (χ2v) is 2.29. The molecule has 0 aromatic rings. The van der Waals surface area contributed by atoms with E-state index in [1.807, 2.05) is 0 Å². The van der Waals surface area contributed by atoms with E-state index in [9.17, 15) is 0 Å². The second-order valence-electron chi connectivity index (χ2n) is 2.29. The molecule has 0 saturated heterocycles. The second kappa shape index (κ2) is 4.89. The molecule has 0 N–H and O–H groups in total. The predicted octanol–water partition coefficient (Wildman–Crippen LogP) is 3.00. The van der Waals surface area contributed by atoms with Gasteiger partial charge in [-0.1, -0.05) is 32.4 Å². The smallest absolute Gasteiger partial charge is 0.0262 e. The van der Waals surface area contributed by atoms with E-state index >= 15 is 0 Å². The van der Waals surface area contributed by atoms with Crippen molar-refractivity contribution in [2.45, 2.75) is 33.6 Å². The quantitative estimate of drug-likeness (QED) is 0.492. The summed E-state index contributed by atoms with van der Waals surface area (Å²) in [4.78, 5) is 0. The van der Waals surface area contributed by atoms with Crippen LogP contribution in [0, 0.1) is 5.92 Å². The summed E-state index contributed by atoms with van der Waals surface area (Å²) in [6.07, 6.45) is 7.00. The van der Waals surface area contributed by atoms with Crippen LogP contribution in [0.3, 0.4) is 0 Å². The molecule has 1 unspecified atom stereocenters. The Bertz CT molecular complexity index is 62.4. The summed E-state index contributed by atoms with van der Waals surface area (Å²) in [5, 5.41) is 0. The van der Waals surface area contributed by atoms with Gasteiger partial charge in [-0.3, -0.25) is 0 Å². The Morgan fingerprint density at radius 1 is 1.50 bits per heavy atom. The third-order valence-electron chi connectivity index (χ3n) is 1.26. The zero-order valence-electron chi connectivity index (χ0n) is 6.15. The Balaban J connectivity index is 3.17. The fourth-order valence-corrected chi connectivity index (χ4v) is 0.880. The molecule has 0 amide bonds. The van der Waals surface area contributed by atoms with E-state index in [0.717, 1.165) is 5.92 Å². The van der Waals surface area contributed by atoms with Gasteiger partial charge in [-0.2, -0.15) is 0 Å². The molecular formula is C8H16. The van der Waals surface area contributed by atoms with Gasteiger partial charge in [0.2, 0.25) is 0 Å². The Labute approximate surface area is 52.6 Å². The van der Waals surface area contributed by atoms with Gasteiger partial charge >= 0.3 is 0 Å². The Morgan fingerprint density at radius 3 is 2.50 bits per heavy atom. The van der Waals surface area contributed by atoms with Crippen molar-refractivity contribution in [1.82, 2.24) is 0 Å². The molecule has 0 rings (SSSR count). The normalized spacial score (nSPS) is 14.9. The monoisotopic (exact) mass is 112 g/mol. The van der Waals surface area contributed by atoms with Gasteiger partial charge in [0.15, 0.2) is 0 Å². The van der Waals surface area contributed by atoms with Crippen molar-refractivity contribution in [3.8, 4) is 0 Å². The third-order valence-corrected chi connectivity index (χ3v) is 1.26. The molecule has 0 aliphatic rings.